The predicted molar refractivity (Wildman–Crippen MR) is 106 cm³/mol. The quantitative estimate of drug-likeness (QED) is 0.482. The van der Waals surface area contributed by atoms with Crippen LogP contribution in [0.2, 0.25) is 0 Å². The van der Waals surface area contributed by atoms with Crippen LogP contribution in [0.3, 0.4) is 0 Å². The maximum absolute atomic E-state index is 11.2. The van der Waals surface area contributed by atoms with Crippen molar-refractivity contribution in [2.24, 2.45) is 0 Å². The van der Waals surface area contributed by atoms with Crippen molar-refractivity contribution in [3.63, 3.8) is 0 Å². The Labute approximate surface area is 162 Å². The average molecular weight is 370 g/mol. The summed E-state index contributed by atoms with van der Waals surface area (Å²) in [6.45, 7) is 0.477. The number of rotatable bonds is 6. The standard InChI is InChI=1S/C22H18N4O2/c1-28-20-10-8-17(9-11-20)21-24-22(18-6-4-5-16(13-18)15-27)26(25-21)14-19-7-2-3-12-23-19/h2-13,15H,14H2,1H3. The van der Waals surface area contributed by atoms with E-state index in [1.807, 2.05) is 65.3 Å². The first-order valence-electron chi connectivity index (χ1n) is 8.81. The van der Waals surface area contributed by atoms with Crippen molar-refractivity contribution in [2.75, 3.05) is 7.11 Å². The van der Waals surface area contributed by atoms with Gasteiger partial charge in [-0.05, 0) is 42.5 Å². The third-order valence-electron chi connectivity index (χ3n) is 4.34. The molecule has 0 amide bonds. The smallest absolute Gasteiger partial charge is 0.181 e. The molecular weight excluding hydrogens is 352 g/mol. The van der Waals surface area contributed by atoms with E-state index in [0.717, 1.165) is 28.9 Å². The second-order valence-corrected chi connectivity index (χ2v) is 6.21. The Morgan fingerprint density at radius 1 is 1.00 bits per heavy atom. The van der Waals surface area contributed by atoms with Crippen LogP contribution >= 0.6 is 0 Å². The lowest BCUT2D eigenvalue weighted by molar-refractivity contribution is 0.112. The molecule has 0 aliphatic heterocycles. The van der Waals surface area contributed by atoms with Gasteiger partial charge in [0.1, 0.15) is 12.0 Å². The van der Waals surface area contributed by atoms with E-state index < -0.39 is 0 Å². The van der Waals surface area contributed by atoms with E-state index in [9.17, 15) is 4.79 Å². The number of carbonyl (C=O) groups is 1. The number of ether oxygens (including phenoxy) is 1. The zero-order valence-corrected chi connectivity index (χ0v) is 15.3. The number of nitrogens with zero attached hydrogens (tertiary/aromatic N) is 4. The minimum absolute atomic E-state index is 0.477. The van der Waals surface area contributed by atoms with Crippen LogP contribution in [0.5, 0.6) is 5.75 Å². The molecule has 0 fully saturated rings. The number of hydrogen-bond acceptors (Lipinski definition) is 5. The van der Waals surface area contributed by atoms with Crippen molar-refractivity contribution >= 4 is 6.29 Å². The molecule has 6 nitrogen and oxygen atoms in total. The fraction of sp³-hybridized carbons (Fsp3) is 0.0909. The van der Waals surface area contributed by atoms with Crippen LogP contribution in [-0.4, -0.2) is 33.1 Å². The molecule has 0 saturated carbocycles. The maximum Gasteiger partial charge on any atom is 0.181 e. The molecule has 4 rings (SSSR count). The van der Waals surface area contributed by atoms with Gasteiger partial charge in [0.05, 0.1) is 19.3 Å². The van der Waals surface area contributed by atoms with Crippen molar-refractivity contribution < 1.29 is 9.53 Å². The second-order valence-electron chi connectivity index (χ2n) is 6.21. The van der Waals surface area contributed by atoms with Crippen LogP contribution in [0, 0.1) is 0 Å². The molecule has 0 aliphatic rings. The number of methoxy groups -OCH3 is 1. The summed E-state index contributed by atoms with van der Waals surface area (Å²) in [5, 5.41) is 4.70. The molecule has 6 heteroatoms. The molecule has 0 spiro atoms. The number of aldehydes is 1. The molecule has 0 radical (unpaired) electrons. The average Bonchev–Trinajstić information content (AvgIpc) is 3.18. The van der Waals surface area contributed by atoms with Crippen LogP contribution < -0.4 is 4.74 Å². The fourth-order valence-electron chi connectivity index (χ4n) is 2.92. The van der Waals surface area contributed by atoms with Crippen LogP contribution in [0.1, 0.15) is 16.1 Å². The van der Waals surface area contributed by atoms with Gasteiger partial charge in [-0.2, -0.15) is 5.10 Å². The van der Waals surface area contributed by atoms with E-state index in [1.54, 1.807) is 19.4 Å². The molecule has 0 unspecified atom stereocenters. The Kier molecular flexibility index (Phi) is 4.93. The fourth-order valence-corrected chi connectivity index (χ4v) is 2.92. The summed E-state index contributed by atoms with van der Waals surface area (Å²) in [6, 6.07) is 20.7. The van der Waals surface area contributed by atoms with Crippen molar-refractivity contribution in [1.82, 2.24) is 19.7 Å². The minimum atomic E-state index is 0.477. The van der Waals surface area contributed by atoms with E-state index in [0.29, 0.717) is 23.8 Å². The first-order valence-corrected chi connectivity index (χ1v) is 8.81. The van der Waals surface area contributed by atoms with Gasteiger partial charge in [0.25, 0.3) is 0 Å². The Morgan fingerprint density at radius 2 is 1.86 bits per heavy atom. The van der Waals surface area contributed by atoms with Gasteiger partial charge in [-0.15, -0.1) is 0 Å². The van der Waals surface area contributed by atoms with Crippen LogP contribution in [-0.2, 0) is 6.54 Å². The van der Waals surface area contributed by atoms with Gasteiger partial charge in [-0.3, -0.25) is 9.78 Å². The monoisotopic (exact) mass is 370 g/mol. The largest absolute Gasteiger partial charge is 0.497 e. The molecule has 2 aromatic carbocycles. The van der Waals surface area contributed by atoms with E-state index in [4.69, 9.17) is 14.8 Å². The lowest BCUT2D eigenvalue weighted by atomic mass is 10.1. The summed E-state index contributed by atoms with van der Waals surface area (Å²) in [4.78, 5) is 20.3. The van der Waals surface area contributed by atoms with Crippen LogP contribution in [0.25, 0.3) is 22.8 Å². The number of hydrogen-bond donors (Lipinski definition) is 0. The van der Waals surface area contributed by atoms with E-state index in [-0.39, 0.29) is 0 Å². The highest BCUT2D eigenvalue weighted by molar-refractivity contribution is 5.78. The lowest BCUT2D eigenvalue weighted by Crippen LogP contribution is -2.05. The van der Waals surface area contributed by atoms with Crippen molar-refractivity contribution in [2.45, 2.75) is 6.54 Å². The highest BCUT2D eigenvalue weighted by Gasteiger charge is 2.15. The predicted octanol–water partition coefficient (Wildman–Crippen LogP) is 3.88. The highest BCUT2D eigenvalue weighted by atomic mass is 16.5. The van der Waals surface area contributed by atoms with Gasteiger partial charge in [-0.25, -0.2) is 9.67 Å². The summed E-state index contributed by atoms with van der Waals surface area (Å²) < 4.78 is 7.03. The first kappa shape index (κ1) is 17.6. The van der Waals surface area contributed by atoms with Crippen molar-refractivity contribution in [3.8, 4) is 28.5 Å². The third kappa shape index (κ3) is 3.66. The zero-order valence-electron chi connectivity index (χ0n) is 15.3. The van der Waals surface area contributed by atoms with Crippen molar-refractivity contribution in [1.29, 1.82) is 0 Å². The van der Waals surface area contributed by atoms with Crippen molar-refractivity contribution in [3.05, 3.63) is 84.2 Å². The molecule has 0 aliphatic carbocycles. The third-order valence-corrected chi connectivity index (χ3v) is 4.34. The number of aromatic nitrogens is 4. The molecule has 138 valence electrons. The van der Waals surface area contributed by atoms with E-state index >= 15 is 0 Å². The summed E-state index contributed by atoms with van der Waals surface area (Å²) in [7, 11) is 1.63. The SMILES string of the molecule is COc1ccc(-c2nc(-c3cccc(C=O)c3)n(Cc3ccccn3)n2)cc1. The number of benzene rings is 2. The topological polar surface area (TPSA) is 69.9 Å². The van der Waals surface area contributed by atoms with Gasteiger partial charge in [0, 0.05) is 22.9 Å². The van der Waals surface area contributed by atoms with Gasteiger partial charge in [0.15, 0.2) is 11.6 Å². The normalized spacial score (nSPS) is 10.6. The molecule has 28 heavy (non-hydrogen) atoms. The first-order chi connectivity index (χ1) is 13.8. The van der Waals surface area contributed by atoms with E-state index in [2.05, 4.69) is 4.98 Å². The Morgan fingerprint density at radius 3 is 2.57 bits per heavy atom. The van der Waals surface area contributed by atoms with Gasteiger partial charge >= 0.3 is 0 Å². The lowest BCUT2D eigenvalue weighted by Gasteiger charge is -2.06. The van der Waals surface area contributed by atoms with Crippen LogP contribution in [0.15, 0.2) is 72.9 Å². The van der Waals surface area contributed by atoms with Gasteiger partial charge < -0.3 is 4.74 Å². The second kappa shape index (κ2) is 7.84. The minimum Gasteiger partial charge on any atom is -0.497 e. The molecule has 2 aromatic heterocycles. The molecule has 0 bridgehead atoms. The molecule has 4 aromatic rings. The highest BCUT2D eigenvalue weighted by Crippen LogP contribution is 2.25. The Balaban J connectivity index is 1.79. The summed E-state index contributed by atoms with van der Waals surface area (Å²) in [6.07, 6.45) is 2.58. The molecular formula is C22H18N4O2. The molecule has 2 heterocycles. The summed E-state index contributed by atoms with van der Waals surface area (Å²) >= 11 is 0. The summed E-state index contributed by atoms with van der Waals surface area (Å²) in [5.41, 5.74) is 3.18. The summed E-state index contributed by atoms with van der Waals surface area (Å²) in [5.74, 6) is 2.06. The molecule has 0 saturated heterocycles. The Hall–Kier alpha value is -3.80. The van der Waals surface area contributed by atoms with Gasteiger partial charge in [-0.1, -0.05) is 24.3 Å². The van der Waals surface area contributed by atoms with E-state index in [1.165, 1.54) is 0 Å². The Bertz CT molecular complexity index is 1090. The van der Waals surface area contributed by atoms with Crippen LogP contribution in [0.4, 0.5) is 0 Å². The maximum atomic E-state index is 11.2. The van der Waals surface area contributed by atoms with Gasteiger partial charge in [0.2, 0.25) is 0 Å². The number of pyridine rings is 1. The molecule has 0 atom stereocenters. The molecule has 0 N–H and O–H groups in total. The zero-order chi connectivity index (χ0) is 19.3. The number of carbonyl (C=O) groups excluding carboxylic acids is 1.